The molecule has 12 rings (SSSR count). The SMILES string of the molecule is CC1(C)c2ccccc2-c2cc(N(c3ccc4oc5ccccc5c4c3)c3ccccc3-c3ccc4c5ccccc5n5c4c3C=Cc3ccccc3-5)ccc21. The molecule has 3 nitrogen and oxygen atoms in total. The highest BCUT2D eigenvalue weighted by molar-refractivity contribution is 6.15. The molecule has 3 heteroatoms. The summed E-state index contributed by atoms with van der Waals surface area (Å²) in [5, 5.41) is 4.74. The Morgan fingerprint density at radius 3 is 2.11 bits per heavy atom. The Labute approximate surface area is 325 Å². The largest absolute Gasteiger partial charge is 0.456 e. The molecule has 2 aliphatic rings. The van der Waals surface area contributed by atoms with Crippen molar-refractivity contribution in [1.82, 2.24) is 4.57 Å². The van der Waals surface area contributed by atoms with Crippen molar-refractivity contribution in [2.75, 3.05) is 4.90 Å². The molecule has 0 bridgehead atoms. The third-order valence-electron chi connectivity index (χ3n) is 12.4. The van der Waals surface area contributed by atoms with Gasteiger partial charge in [0.2, 0.25) is 0 Å². The monoisotopic (exact) mass is 716 g/mol. The van der Waals surface area contributed by atoms with Crippen molar-refractivity contribution in [3.63, 3.8) is 0 Å². The van der Waals surface area contributed by atoms with E-state index in [0.717, 1.165) is 44.6 Å². The minimum Gasteiger partial charge on any atom is -0.456 e. The lowest BCUT2D eigenvalue weighted by atomic mass is 9.82. The second-order valence-corrected chi connectivity index (χ2v) is 15.7. The summed E-state index contributed by atoms with van der Waals surface area (Å²) in [5.74, 6) is 0. The Morgan fingerprint density at radius 2 is 1.18 bits per heavy atom. The third kappa shape index (κ3) is 4.28. The molecule has 264 valence electrons. The topological polar surface area (TPSA) is 21.3 Å². The van der Waals surface area contributed by atoms with E-state index in [1.165, 1.54) is 66.4 Å². The van der Waals surface area contributed by atoms with E-state index in [9.17, 15) is 0 Å². The Morgan fingerprint density at radius 1 is 0.482 bits per heavy atom. The van der Waals surface area contributed by atoms with Gasteiger partial charge in [-0.3, -0.25) is 0 Å². The van der Waals surface area contributed by atoms with Gasteiger partial charge < -0.3 is 13.9 Å². The van der Waals surface area contributed by atoms with Crippen LogP contribution in [0.3, 0.4) is 0 Å². The van der Waals surface area contributed by atoms with Crippen LogP contribution >= 0.6 is 0 Å². The summed E-state index contributed by atoms with van der Waals surface area (Å²) in [6.45, 7) is 4.69. The third-order valence-corrected chi connectivity index (χ3v) is 12.4. The number of fused-ring (bicyclic) bond motifs is 11. The van der Waals surface area contributed by atoms with Crippen molar-refractivity contribution in [3.05, 3.63) is 192 Å². The van der Waals surface area contributed by atoms with Crippen LogP contribution in [0.25, 0.3) is 83.8 Å². The number of nitrogens with zero attached hydrogens (tertiary/aromatic N) is 2. The normalized spacial score (nSPS) is 13.6. The summed E-state index contributed by atoms with van der Waals surface area (Å²) in [4.78, 5) is 2.45. The Hall–Kier alpha value is -7.10. The molecular formula is C53H36N2O. The van der Waals surface area contributed by atoms with E-state index in [2.05, 4.69) is 199 Å². The van der Waals surface area contributed by atoms with Crippen molar-refractivity contribution in [1.29, 1.82) is 0 Å². The van der Waals surface area contributed by atoms with Crippen LogP contribution in [0.4, 0.5) is 17.1 Å². The number of para-hydroxylation sites is 4. The summed E-state index contributed by atoms with van der Waals surface area (Å²) in [7, 11) is 0. The molecule has 0 saturated heterocycles. The maximum atomic E-state index is 6.34. The average Bonchev–Trinajstić information content (AvgIpc) is 3.81. The van der Waals surface area contributed by atoms with E-state index in [-0.39, 0.29) is 5.41 Å². The lowest BCUT2D eigenvalue weighted by Crippen LogP contribution is -2.15. The molecule has 0 atom stereocenters. The van der Waals surface area contributed by atoms with Crippen LogP contribution in [0, 0.1) is 0 Å². The Kier molecular flexibility index (Phi) is 6.40. The molecule has 0 N–H and O–H groups in total. The summed E-state index contributed by atoms with van der Waals surface area (Å²) in [6.07, 6.45) is 4.62. The minimum absolute atomic E-state index is 0.0826. The van der Waals surface area contributed by atoms with E-state index in [0.29, 0.717) is 0 Å². The first kappa shape index (κ1) is 31.3. The highest BCUT2D eigenvalue weighted by Gasteiger charge is 2.36. The lowest BCUT2D eigenvalue weighted by molar-refractivity contribution is 0.660. The van der Waals surface area contributed by atoms with Gasteiger partial charge >= 0.3 is 0 Å². The quantitative estimate of drug-likeness (QED) is 0.181. The van der Waals surface area contributed by atoms with Gasteiger partial charge in [0, 0.05) is 49.5 Å². The molecule has 0 unspecified atom stereocenters. The molecule has 1 aliphatic heterocycles. The Bertz CT molecular complexity index is 3300. The summed E-state index contributed by atoms with van der Waals surface area (Å²) in [5.41, 5.74) is 18.7. The highest BCUT2D eigenvalue weighted by Crippen LogP contribution is 2.52. The number of hydrogen-bond acceptors (Lipinski definition) is 2. The van der Waals surface area contributed by atoms with Gasteiger partial charge in [-0.05, 0) is 88.0 Å². The fraction of sp³-hybridized carbons (Fsp3) is 0.0566. The van der Waals surface area contributed by atoms with Crippen molar-refractivity contribution in [2.24, 2.45) is 0 Å². The molecule has 56 heavy (non-hydrogen) atoms. The molecule has 10 aromatic rings. The van der Waals surface area contributed by atoms with Crippen LogP contribution in [0.15, 0.2) is 174 Å². The number of rotatable bonds is 4. The first-order chi connectivity index (χ1) is 27.5. The number of furan rings is 1. The van der Waals surface area contributed by atoms with Crippen LogP contribution in [0.5, 0.6) is 0 Å². The molecule has 0 radical (unpaired) electrons. The molecular weight excluding hydrogens is 681 g/mol. The van der Waals surface area contributed by atoms with Crippen LogP contribution in [0.2, 0.25) is 0 Å². The van der Waals surface area contributed by atoms with E-state index in [1.54, 1.807) is 0 Å². The van der Waals surface area contributed by atoms with E-state index < -0.39 is 0 Å². The molecule has 0 fully saturated rings. The summed E-state index contributed by atoms with van der Waals surface area (Å²) < 4.78 is 8.81. The molecule has 0 spiro atoms. The van der Waals surface area contributed by atoms with Crippen molar-refractivity contribution in [2.45, 2.75) is 19.3 Å². The molecule has 2 aromatic heterocycles. The number of hydrogen-bond donors (Lipinski definition) is 0. The molecule has 3 heterocycles. The zero-order chi connectivity index (χ0) is 37.1. The van der Waals surface area contributed by atoms with Crippen LogP contribution in [-0.2, 0) is 5.41 Å². The number of aromatic nitrogens is 1. The van der Waals surface area contributed by atoms with Gasteiger partial charge in [-0.1, -0.05) is 141 Å². The smallest absolute Gasteiger partial charge is 0.135 e. The van der Waals surface area contributed by atoms with Crippen LogP contribution in [0.1, 0.15) is 36.1 Å². The second-order valence-electron chi connectivity index (χ2n) is 15.7. The zero-order valence-corrected chi connectivity index (χ0v) is 31.1. The predicted octanol–water partition coefficient (Wildman–Crippen LogP) is 14.6. The molecule has 8 aromatic carbocycles. The van der Waals surface area contributed by atoms with Gasteiger partial charge in [-0.15, -0.1) is 0 Å². The van der Waals surface area contributed by atoms with Crippen molar-refractivity contribution >= 4 is 73.0 Å². The number of benzene rings is 8. The van der Waals surface area contributed by atoms with Crippen LogP contribution < -0.4 is 4.90 Å². The van der Waals surface area contributed by atoms with Gasteiger partial charge in [-0.2, -0.15) is 0 Å². The summed E-state index contributed by atoms with van der Waals surface area (Å²) >= 11 is 0. The molecule has 0 amide bonds. The number of anilines is 3. The van der Waals surface area contributed by atoms with Crippen molar-refractivity contribution < 1.29 is 4.42 Å². The maximum absolute atomic E-state index is 6.34. The fourth-order valence-electron chi connectivity index (χ4n) is 9.77. The molecule has 1 aliphatic carbocycles. The lowest BCUT2D eigenvalue weighted by Gasteiger charge is -2.29. The Balaban J connectivity index is 1.14. The second kappa shape index (κ2) is 11.5. The van der Waals surface area contributed by atoms with E-state index >= 15 is 0 Å². The first-order valence-corrected chi connectivity index (χ1v) is 19.4. The minimum atomic E-state index is -0.0826. The van der Waals surface area contributed by atoms with Crippen LogP contribution in [-0.4, -0.2) is 4.57 Å². The fourth-order valence-corrected chi connectivity index (χ4v) is 9.77. The predicted molar refractivity (Wildman–Crippen MR) is 235 cm³/mol. The average molecular weight is 717 g/mol. The van der Waals surface area contributed by atoms with E-state index in [4.69, 9.17) is 4.42 Å². The maximum Gasteiger partial charge on any atom is 0.135 e. The standard InChI is InChI=1S/C53H36N2O/c1-53(2)45-18-8-4-14-37(45)43-31-34(24-29-46(43)53)54(35-25-30-51-44(32-35)40-17-7-12-22-50(40)56-51)48-20-10-5-15-38(48)36-27-28-42-39-16-6-11-21-49(39)55-47-19-9-3-13-33(47)23-26-41(36)52(42)55/h3-32H,1-2H3. The van der Waals surface area contributed by atoms with Crippen molar-refractivity contribution in [3.8, 4) is 27.9 Å². The van der Waals surface area contributed by atoms with Gasteiger partial charge in [0.25, 0.3) is 0 Å². The summed E-state index contributed by atoms with van der Waals surface area (Å²) in [6, 6.07) is 62.0. The van der Waals surface area contributed by atoms with E-state index in [1.807, 2.05) is 6.07 Å². The first-order valence-electron chi connectivity index (χ1n) is 19.4. The molecule has 0 saturated carbocycles. The van der Waals surface area contributed by atoms with Gasteiger partial charge in [-0.25, -0.2) is 0 Å². The highest BCUT2D eigenvalue weighted by atomic mass is 16.3. The van der Waals surface area contributed by atoms with Gasteiger partial charge in [0.05, 0.1) is 22.4 Å². The van der Waals surface area contributed by atoms with Gasteiger partial charge in [0.15, 0.2) is 0 Å². The zero-order valence-electron chi connectivity index (χ0n) is 31.1. The van der Waals surface area contributed by atoms with Gasteiger partial charge in [0.1, 0.15) is 11.2 Å².